The van der Waals surface area contributed by atoms with Crippen molar-refractivity contribution in [3.63, 3.8) is 0 Å². The maximum absolute atomic E-state index is 10.9. The third-order valence-corrected chi connectivity index (χ3v) is 1.40. The molecule has 0 N–H and O–H groups in total. The molecule has 0 aliphatic heterocycles. The second-order valence-corrected chi connectivity index (χ2v) is 2.87. The van der Waals surface area contributed by atoms with Gasteiger partial charge in [0.2, 0.25) is 0 Å². The Morgan fingerprint density at radius 1 is 1.33 bits per heavy atom. The van der Waals surface area contributed by atoms with E-state index < -0.39 is 5.97 Å². The highest BCUT2D eigenvalue weighted by molar-refractivity contribution is 5.92. The van der Waals surface area contributed by atoms with E-state index in [1.54, 1.807) is 24.3 Å². The van der Waals surface area contributed by atoms with Crippen molar-refractivity contribution in [2.24, 2.45) is 0 Å². The van der Waals surface area contributed by atoms with Gasteiger partial charge in [-0.05, 0) is 18.4 Å². The van der Waals surface area contributed by atoms with Crippen LogP contribution in [0.15, 0.2) is 36.1 Å². The Morgan fingerprint density at radius 3 is 2.47 bits per heavy atom. The summed E-state index contributed by atoms with van der Waals surface area (Å²) in [7, 11) is 5.04. The van der Waals surface area contributed by atoms with Crippen LogP contribution >= 0.6 is 0 Å². The molecule has 0 unspecified atom stereocenters. The van der Waals surface area contributed by atoms with Crippen LogP contribution in [0.2, 0.25) is 0 Å². The average molecular weight is 206 g/mol. The van der Waals surface area contributed by atoms with E-state index >= 15 is 0 Å². The smallest absolute Gasteiger partial charge is 0.348 e. The van der Waals surface area contributed by atoms with Crippen LogP contribution in [0.4, 0.5) is 0 Å². The summed E-state index contributed by atoms with van der Waals surface area (Å²) < 4.78 is 4.41. The first-order chi connectivity index (χ1) is 7.11. The van der Waals surface area contributed by atoms with Gasteiger partial charge >= 0.3 is 5.97 Å². The lowest BCUT2D eigenvalue weighted by atomic mass is 10.2. The summed E-state index contributed by atoms with van der Waals surface area (Å²) in [6.45, 7) is 0. The summed E-state index contributed by atoms with van der Waals surface area (Å²) in [4.78, 5) is 12.8. The molecule has 80 valence electrons. The van der Waals surface area contributed by atoms with E-state index in [1.165, 1.54) is 13.2 Å². The number of carbonyl (C=O) groups is 1. The molecular formula is C11H14N2O2. The van der Waals surface area contributed by atoms with E-state index in [9.17, 15) is 4.79 Å². The second kappa shape index (κ2) is 7.39. The molecule has 0 bridgehead atoms. The van der Waals surface area contributed by atoms with Gasteiger partial charge in [0.15, 0.2) is 0 Å². The minimum absolute atomic E-state index is 0.0213. The van der Waals surface area contributed by atoms with Gasteiger partial charge in [0, 0.05) is 14.1 Å². The van der Waals surface area contributed by atoms with Gasteiger partial charge in [-0.1, -0.05) is 12.2 Å². The van der Waals surface area contributed by atoms with Crippen LogP contribution in [0, 0.1) is 11.3 Å². The van der Waals surface area contributed by atoms with Crippen molar-refractivity contribution in [1.29, 1.82) is 5.26 Å². The molecule has 15 heavy (non-hydrogen) atoms. The van der Waals surface area contributed by atoms with Crippen molar-refractivity contribution in [1.82, 2.24) is 4.90 Å². The fraction of sp³-hybridized carbons (Fsp3) is 0.273. The highest BCUT2D eigenvalue weighted by Crippen LogP contribution is 1.96. The molecule has 0 saturated carbocycles. The fourth-order valence-electron chi connectivity index (χ4n) is 0.699. The Morgan fingerprint density at radius 2 is 2.00 bits per heavy atom. The van der Waals surface area contributed by atoms with Crippen molar-refractivity contribution in [3.05, 3.63) is 36.1 Å². The molecule has 0 aromatic heterocycles. The number of methoxy groups -OCH3 is 1. The van der Waals surface area contributed by atoms with E-state index in [0.717, 1.165) is 0 Å². The third-order valence-electron chi connectivity index (χ3n) is 1.40. The maximum atomic E-state index is 10.9. The minimum atomic E-state index is -0.626. The number of allylic oxidation sites excluding steroid dienone is 4. The van der Waals surface area contributed by atoms with Crippen LogP contribution in [0.25, 0.3) is 0 Å². The Hall–Kier alpha value is -2.02. The SMILES string of the molecule is COC(=O)C(C#N)=CC=CC=CN(C)C. The van der Waals surface area contributed by atoms with Crippen LogP contribution in [0.5, 0.6) is 0 Å². The van der Waals surface area contributed by atoms with Crippen LogP contribution in [0.3, 0.4) is 0 Å². The third kappa shape index (κ3) is 6.11. The Balaban J connectivity index is 4.37. The zero-order valence-electron chi connectivity index (χ0n) is 9.10. The minimum Gasteiger partial charge on any atom is -0.465 e. The topological polar surface area (TPSA) is 53.3 Å². The molecule has 0 rings (SSSR count). The van der Waals surface area contributed by atoms with Crippen LogP contribution in [-0.2, 0) is 9.53 Å². The van der Waals surface area contributed by atoms with Crippen LogP contribution in [0.1, 0.15) is 0 Å². The first-order valence-corrected chi connectivity index (χ1v) is 4.31. The van der Waals surface area contributed by atoms with Gasteiger partial charge in [-0.2, -0.15) is 5.26 Å². The Bertz CT molecular complexity index is 333. The summed E-state index contributed by atoms with van der Waals surface area (Å²) >= 11 is 0. The van der Waals surface area contributed by atoms with Crippen molar-refractivity contribution in [2.45, 2.75) is 0 Å². The lowest BCUT2D eigenvalue weighted by Gasteiger charge is -2.00. The van der Waals surface area contributed by atoms with Gasteiger partial charge in [-0.15, -0.1) is 0 Å². The highest BCUT2D eigenvalue weighted by Gasteiger charge is 2.05. The zero-order chi connectivity index (χ0) is 11.7. The molecule has 0 aliphatic carbocycles. The summed E-state index contributed by atoms with van der Waals surface area (Å²) in [6, 6.07) is 1.75. The monoisotopic (exact) mass is 206 g/mol. The maximum Gasteiger partial charge on any atom is 0.348 e. The standard InChI is InChI=1S/C11H14N2O2/c1-13(2)8-6-4-5-7-10(9-12)11(14)15-3/h4-8H,1-3H3. The zero-order valence-corrected chi connectivity index (χ0v) is 9.10. The first-order valence-electron chi connectivity index (χ1n) is 4.31. The number of carbonyl (C=O) groups excluding carboxylic acids is 1. The number of hydrogen-bond donors (Lipinski definition) is 0. The normalized spacial score (nSPS) is 11.7. The van der Waals surface area contributed by atoms with Gasteiger partial charge in [0.25, 0.3) is 0 Å². The molecule has 0 fully saturated rings. The highest BCUT2D eigenvalue weighted by atomic mass is 16.5. The van der Waals surface area contributed by atoms with E-state index in [1.807, 2.05) is 25.2 Å². The van der Waals surface area contributed by atoms with Gasteiger partial charge < -0.3 is 9.64 Å². The van der Waals surface area contributed by atoms with E-state index in [0.29, 0.717) is 0 Å². The fourth-order valence-corrected chi connectivity index (χ4v) is 0.699. The Kier molecular flexibility index (Phi) is 6.39. The van der Waals surface area contributed by atoms with E-state index in [4.69, 9.17) is 5.26 Å². The molecule has 0 aromatic carbocycles. The number of nitrogens with zero attached hydrogens (tertiary/aromatic N) is 2. The molecule has 0 spiro atoms. The molecule has 0 amide bonds. The van der Waals surface area contributed by atoms with Gasteiger partial charge in [0.1, 0.15) is 11.6 Å². The predicted molar refractivity (Wildman–Crippen MR) is 57.7 cm³/mol. The van der Waals surface area contributed by atoms with Gasteiger partial charge in [0.05, 0.1) is 7.11 Å². The number of hydrogen-bond acceptors (Lipinski definition) is 4. The van der Waals surface area contributed by atoms with Gasteiger partial charge in [-0.3, -0.25) is 0 Å². The van der Waals surface area contributed by atoms with Crippen molar-refractivity contribution < 1.29 is 9.53 Å². The largest absolute Gasteiger partial charge is 0.465 e. The van der Waals surface area contributed by atoms with E-state index in [2.05, 4.69) is 4.74 Å². The summed E-state index contributed by atoms with van der Waals surface area (Å²) in [5, 5.41) is 8.59. The molecule has 4 heteroatoms. The van der Waals surface area contributed by atoms with Crippen molar-refractivity contribution in [3.8, 4) is 6.07 Å². The summed E-state index contributed by atoms with van der Waals surface area (Å²) in [6.07, 6.45) is 8.37. The average Bonchev–Trinajstić information content (AvgIpc) is 2.22. The van der Waals surface area contributed by atoms with Crippen molar-refractivity contribution >= 4 is 5.97 Å². The molecule has 0 radical (unpaired) electrons. The molecule has 0 aromatic rings. The summed E-state index contributed by atoms with van der Waals surface area (Å²) in [5.41, 5.74) is -0.0213. The molecule has 0 saturated heterocycles. The number of ether oxygens (including phenoxy) is 1. The van der Waals surface area contributed by atoms with Crippen molar-refractivity contribution in [2.75, 3.05) is 21.2 Å². The molecule has 0 heterocycles. The van der Waals surface area contributed by atoms with Gasteiger partial charge in [-0.25, -0.2) is 4.79 Å². The number of esters is 1. The van der Waals surface area contributed by atoms with Crippen LogP contribution < -0.4 is 0 Å². The first kappa shape index (κ1) is 13.0. The van der Waals surface area contributed by atoms with E-state index in [-0.39, 0.29) is 5.57 Å². The molecule has 0 aliphatic rings. The lowest BCUT2D eigenvalue weighted by Crippen LogP contribution is -2.02. The number of nitriles is 1. The number of rotatable bonds is 4. The predicted octanol–water partition coefficient (Wildman–Crippen LogP) is 1.24. The lowest BCUT2D eigenvalue weighted by molar-refractivity contribution is -0.135. The Labute approximate surface area is 89.7 Å². The molecule has 0 atom stereocenters. The molecule has 4 nitrogen and oxygen atoms in total. The molecular weight excluding hydrogens is 192 g/mol. The second-order valence-electron chi connectivity index (χ2n) is 2.87. The van der Waals surface area contributed by atoms with Crippen LogP contribution in [-0.4, -0.2) is 32.1 Å². The quantitative estimate of drug-likeness (QED) is 0.300. The summed E-state index contributed by atoms with van der Waals surface area (Å²) in [5.74, 6) is -0.626.